The minimum Gasteiger partial charge on any atom is -0.316 e. The van der Waals surface area contributed by atoms with Gasteiger partial charge in [0.05, 0.1) is 0 Å². The van der Waals surface area contributed by atoms with Gasteiger partial charge in [0, 0.05) is 19.1 Å². The fraction of sp³-hybridized carbons (Fsp3) is 1.00. The van der Waals surface area contributed by atoms with Gasteiger partial charge in [-0.1, -0.05) is 40.5 Å². The Morgan fingerprint density at radius 3 is 2.21 bits per heavy atom. The summed E-state index contributed by atoms with van der Waals surface area (Å²) >= 11 is 0. The third kappa shape index (κ3) is 8.65. The lowest BCUT2D eigenvalue weighted by atomic mass is 9.86. The van der Waals surface area contributed by atoms with E-state index in [0.29, 0.717) is 11.5 Å². The molecule has 0 saturated carbocycles. The van der Waals surface area contributed by atoms with Gasteiger partial charge in [-0.3, -0.25) is 0 Å². The van der Waals surface area contributed by atoms with E-state index in [-0.39, 0.29) is 0 Å². The molecule has 19 heavy (non-hydrogen) atoms. The monoisotopic (exact) mass is 270 g/mol. The van der Waals surface area contributed by atoms with Gasteiger partial charge in [0.15, 0.2) is 0 Å². The van der Waals surface area contributed by atoms with Crippen LogP contribution in [0.5, 0.6) is 0 Å². The Hall–Kier alpha value is -0.0800. The average Bonchev–Trinajstić information content (AvgIpc) is 2.38. The standard InChI is InChI=1S/C17H38N2/c1-7-10-11-13-19(16(4)5)15-17(6,9-3)14-18-12-8-2/h16,18H,7-15H2,1-6H3. The van der Waals surface area contributed by atoms with E-state index in [1.807, 2.05) is 0 Å². The summed E-state index contributed by atoms with van der Waals surface area (Å²) in [5, 5.41) is 3.61. The van der Waals surface area contributed by atoms with Crippen LogP contribution in [-0.4, -0.2) is 37.1 Å². The van der Waals surface area contributed by atoms with Gasteiger partial charge in [-0.25, -0.2) is 0 Å². The molecule has 0 aromatic heterocycles. The van der Waals surface area contributed by atoms with Crippen LogP contribution >= 0.6 is 0 Å². The van der Waals surface area contributed by atoms with Crippen molar-refractivity contribution in [3.05, 3.63) is 0 Å². The molecule has 0 bridgehead atoms. The molecule has 0 fully saturated rings. The average molecular weight is 271 g/mol. The molecule has 0 aromatic rings. The van der Waals surface area contributed by atoms with Crippen LogP contribution in [-0.2, 0) is 0 Å². The van der Waals surface area contributed by atoms with Gasteiger partial charge < -0.3 is 10.2 Å². The highest BCUT2D eigenvalue weighted by molar-refractivity contribution is 4.81. The third-order valence-electron chi connectivity index (χ3n) is 4.20. The molecule has 0 aromatic carbocycles. The van der Waals surface area contributed by atoms with Crippen molar-refractivity contribution in [1.82, 2.24) is 10.2 Å². The van der Waals surface area contributed by atoms with Crippen LogP contribution in [0.25, 0.3) is 0 Å². The fourth-order valence-corrected chi connectivity index (χ4v) is 2.43. The second kappa shape index (κ2) is 10.7. The molecule has 2 nitrogen and oxygen atoms in total. The summed E-state index contributed by atoms with van der Waals surface area (Å²) in [6, 6.07) is 0.661. The molecule has 0 rings (SSSR count). The van der Waals surface area contributed by atoms with Crippen molar-refractivity contribution >= 4 is 0 Å². The van der Waals surface area contributed by atoms with Crippen LogP contribution < -0.4 is 5.32 Å². The molecule has 0 aliphatic heterocycles. The van der Waals surface area contributed by atoms with Crippen molar-refractivity contribution in [3.8, 4) is 0 Å². The van der Waals surface area contributed by atoms with Crippen LogP contribution in [0.3, 0.4) is 0 Å². The summed E-state index contributed by atoms with van der Waals surface area (Å²) < 4.78 is 0. The predicted molar refractivity (Wildman–Crippen MR) is 87.8 cm³/mol. The van der Waals surface area contributed by atoms with Crippen molar-refractivity contribution in [2.24, 2.45) is 5.41 Å². The number of unbranched alkanes of at least 4 members (excludes halogenated alkanes) is 2. The van der Waals surface area contributed by atoms with Gasteiger partial charge in [-0.15, -0.1) is 0 Å². The lowest BCUT2D eigenvalue weighted by Crippen LogP contribution is -2.45. The van der Waals surface area contributed by atoms with Gasteiger partial charge in [-0.2, -0.15) is 0 Å². The van der Waals surface area contributed by atoms with E-state index in [9.17, 15) is 0 Å². The molecule has 0 heterocycles. The maximum absolute atomic E-state index is 3.61. The minimum atomic E-state index is 0.408. The summed E-state index contributed by atoms with van der Waals surface area (Å²) in [6.07, 6.45) is 6.50. The number of hydrogen-bond acceptors (Lipinski definition) is 2. The molecule has 0 aliphatic rings. The van der Waals surface area contributed by atoms with Crippen molar-refractivity contribution in [2.75, 3.05) is 26.2 Å². The lowest BCUT2D eigenvalue weighted by molar-refractivity contribution is 0.125. The second-order valence-electron chi connectivity index (χ2n) is 6.61. The molecular formula is C17H38N2. The number of rotatable bonds is 12. The fourth-order valence-electron chi connectivity index (χ4n) is 2.43. The van der Waals surface area contributed by atoms with Gasteiger partial charge in [0.1, 0.15) is 0 Å². The first-order valence-electron chi connectivity index (χ1n) is 8.43. The van der Waals surface area contributed by atoms with Crippen molar-refractivity contribution in [3.63, 3.8) is 0 Å². The first-order valence-corrected chi connectivity index (χ1v) is 8.43. The van der Waals surface area contributed by atoms with E-state index >= 15 is 0 Å². The quantitative estimate of drug-likeness (QED) is 0.532. The maximum atomic E-state index is 3.61. The summed E-state index contributed by atoms with van der Waals surface area (Å²) in [4.78, 5) is 2.67. The van der Waals surface area contributed by atoms with Crippen LogP contribution in [0.4, 0.5) is 0 Å². The van der Waals surface area contributed by atoms with Gasteiger partial charge in [-0.05, 0) is 51.6 Å². The molecule has 0 aliphatic carbocycles. The van der Waals surface area contributed by atoms with E-state index in [0.717, 1.165) is 13.1 Å². The molecule has 1 atom stereocenters. The highest BCUT2D eigenvalue weighted by Crippen LogP contribution is 2.23. The number of hydrogen-bond donors (Lipinski definition) is 1. The smallest absolute Gasteiger partial charge is 0.00501 e. The number of nitrogens with one attached hydrogen (secondary N) is 1. The topological polar surface area (TPSA) is 15.3 Å². The van der Waals surface area contributed by atoms with Crippen molar-refractivity contribution < 1.29 is 0 Å². The maximum Gasteiger partial charge on any atom is 0.00501 e. The summed E-state index contributed by atoms with van der Waals surface area (Å²) in [5.41, 5.74) is 0.408. The van der Waals surface area contributed by atoms with E-state index < -0.39 is 0 Å². The van der Waals surface area contributed by atoms with Crippen LogP contribution in [0.15, 0.2) is 0 Å². The Labute approximate surface area is 122 Å². The number of nitrogens with zero attached hydrogens (tertiary/aromatic N) is 1. The molecule has 0 radical (unpaired) electrons. The van der Waals surface area contributed by atoms with E-state index in [1.54, 1.807) is 0 Å². The van der Waals surface area contributed by atoms with E-state index in [2.05, 4.69) is 51.8 Å². The molecule has 116 valence electrons. The van der Waals surface area contributed by atoms with Crippen LogP contribution in [0, 0.1) is 5.41 Å². The Kier molecular flexibility index (Phi) is 10.6. The minimum absolute atomic E-state index is 0.408. The Morgan fingerprint density at radius 2 is 1.74 bits per heavy atom. The van der Waals surface area contributed by atoms with Gasteiger partial charge in [0.25, 0.3) is 0 Å². The first kappa shape index (κ1) is 18.9. The first-order chi connectivity index (χ1) is 8.99. The van der Waals surface area contributed by atoms with E-state index in [1.165, 1.54) is 45.2 Å². The molecule has 0 saturated heterocycles. The molecule has 0 spiro atoms. The van der Waals surface area contributed by atoms with Crippen LogP contribution in [0.1, 0.15) is 73.6 Å². The zero-order valence-electron chi connectivity index (χ0n) is 14.4. The second-order valence-corrected chi connectivity index (χ2v) is 6.61. The van der Waals surface area contributed by atoms with Gasteiger partial charge >= 0.3 is 0 Å². The zero-order chi connectivity index (χ0) is 14.7. The molecule has 0 amide bonds. The third-order valence-corrected chi connectivity index (χ3v) is 4.20. The Bertz CT molecular complexity index is 203. The van der Waals surface area contributed by atoms with Crippen molar-refractivity contribution in [2.45, 2.75) is 79.7 Å². The van der Waals surface area contributed by atoms with Crippen LogP contribution in [0.2, 0.25) is 0 Å². The summed E-state index contributed by atoms with van der Waals surface area (Å²) in [6.45, 7) is 18.7. The highest BCUT2D eigenvalue weighted by Gasteiger charge is 2.25. The van der Waals surface area contributed by atoms with E-state index in [4.69, 9.17) is 0 Å². The normalized spacial score (nSPS) is 15.2. The Balaban J connectivity index is 4.32. The largest absolute Gasteiger partial charge is 0.316 e. The Morgan fingerprint density at radius 1 is 1.05 bits per heavy atom. The van der Waals surface area contributed by atoms with Crippen molar-refractivity contribution in [1.29, 1.82) is 0 Å². The SMILES string of the molecule is CCCCCN(CC(C)(CC)CNCCC)C(C)C. The molecule has 1 unspecified atom stereocenters. The molecular weight excluding hydrogens is 232 g/mol. The predicted octanol–water partition coefficient (Wildman–Crippen LogP) is 4.30. The molecule has 2 heteroatoms. The highest BCUT2D eigenvalue weighted by atomic mass is 15.2. The van der Waals surface area contributed by atoms with Gasteiger partial charge in [0.2, 0.25) is 0 Å². The molecule has 1 N–H and O–H groups in total. The summed E-state index contributed by atoms with van der Waals surface area (Å²) in [5.74, 6) is 0. The zero-order valence-corrected chi connectivity index (χ0v) is 14.4. The summed E-state index contributed by atoms with van der Waals surface area (Å²) in [7, 11) is 0. The lowest BCUT2D eigenvalue weighted by Gasteiger charge is -2.37.